The second-order valence-electron chi connectivity index (χ2n) is 11.6. The summed E-state index contributed by atoms with van der Waals surface area (Å²) in [4.78, 5) is 11.7. The molecule has 0 radical (unpaired) electrons. The first-order valence-electron chi connectivity index (χ1n) is 12.2. The molecule has 5 nitrogen and oxygen atoms in total. The van der Waals surface area contributed by atoms with E-state index >= 15 is 0 Å². The van der Waals surface area contributed by atoms with Gasteiger partial charge in [0.15, 0.2) is 0 Å². The van der Waals surface area contributed by atoms with Gasteiger partial charge in [-0.3, -0.25) is 4.79 Å². The summed E-state index contributed by atoms with van der Waals surface area (Å²) in [7, 11) is 1.44. The van der Waals surface area contributed by atoms with Gasteiger partial charge in [-0.25, -0.2) is 0 Å². The molecule has 172 valence electrons. The van der Waals surface area contributed by atoms with Gasteiger partial charge < -0.3 is 20.1 Å². The predicted molar refractivity (Wildman–Crippen MR) is 114 cm³/mol. The van der Waals surface area contributed by atoms with Crippen molar-refractivity contribution in [2.24, 2.45) is 46.3 Å². The summed E-state index contributed by atoms with van der Waals surface area (Å²) in [6.07, 6.45) is 6.60. The number of carbonyl (C=O) groups is 1. The van der Waals surface area contributed by atoms with Crippen molar-refractivity contribution < 1.29 is 24.9 Å². The summed E-state index contributed by atoms with van der Waals surface area (Å²) < 4.78 is 4.83. The summed E-state index contributed by atoms with van der Waals surface area (Å²) in [5.41, 5.74) is -0.0882. The number of aliphatic hydroxyl groups is 3. The Kier molecular flexibility index (Phi) is 6.04. The average Bonchev–Trinajstić information content (AvgIpc) is 3.06. The lowest BCUT2D eigenvalue weighted by Gasteiger charge is -2.63. The molecule has 0 unspecified atom stereocenters. The molecular weight excluding hydrogens is 380 g/mol. The monoisotopic (exact) mass is 422 g/mol. The van der Waals surface area contributed by atoms with E-state index in [1.807, 2.05) is 0 Å². The number of fused-ring (bicyclic) bond motifs is 5. The zero-order valence-corrected chi connectivity index (χ0v) is 19.2. The quantitative estimate of drug-likeness (QED) is 0.603. The highest BCUT2D eigenvalue weighted by molar-refractivity contribution is 5.69. The molecule has 4 fully saturated rings. The molecule has 3 N–H and O–H groups in total. The fraction of sp³-hybridized carbons (Fsp3) is 0.960. The van der Waals surface area contributed by atoms with Crippen LogP contribution in [0.3, 0.4) is 0 Å². The highest BCUT2D eigenvalue weighted by Gasteiger charge is 2.65. The van der Waals surface area contributed by atoms with Gasteiger partial charge in [0.2, 0.25) is 0 Å². The molecule has 0 aliphatic heterocycles. The van der Waals surface area contributed by atoms with Crippen LogP contribution < -0.4 is 0 Å². The number of rotatable bonds is 4. The Balaban J connectivity index is 1.58. The SMILES string of the molecule is COC(=O)CC[C@@H](C)[C@H]1CC[C@H]2[C@@H]3[C@H](O)C[C@@H]4C[C@@H](O)CC[C@]4(C)[C@H]3C[C@@H](O)[C@]12C. The lowest BCUT2D eigenvalue weighted by molar-refractivity contribution is -0.207. The van der Waals surface area contributed by atoms with Crippen LogP contribution in [0.2, 0.25) is 0 Å². The number of methoxy groups -OCH3 is 1. The van der Waals surface area contributed by atoms with Crippen LogP contribution >= 0.6 is 0 Å². The Bertz CT molecular complexity index is 651. The van der Waals surface area contributed by atoms with Crippen molar-refractivity contribution in [3.8, 4) is 0 Å². The fourth-order valence-electron chi connectivity index (χ4n) is 8.78. The normalized spacial score (nSPS) is 51.4. The summed E-state index contributed by atoms with van der Waals surface area (Å²) in [5.74, 6) is 1.81. The van der Waals surface area contributed by atoms with E-state index in [-0.39, 0.29) is 41.0 Å². The van der Waals surface area contributed by atoms with Gasteiger partial charge in [0.05, 0.1) is 25.4 Å². The number of carbonyl (C=O) groups excluding carboxylic acids is 1. The van der Waals surface area contributed by atoms with Crippen molar-refractivity contribution >= 4 is 5.97 Å². The van der Waals surface area contributed by atoms with Gasteiger partial charge in [0.1, 0.15) is 0 Å². The van der Waals surface area contributed by atoms with Gasteiger partial charge in [-0.15, -0.1) is 0 Å². The first kappa shape index (κ1) is 22.5. The van der Waals surface area contributed by atoms with Gasteiger partial charge >= 0.3 is 5.97 Å². The number of esters is 1. The van der Waals surface area contributed by atoms with Crippen LogP contribution in [0, 0.1) is 46.3 Å². The summed E-state index contributed by atoms with van der Waals surface area (Å²) >= 11 is 0. The Hall–Kier alpha value is -0.650. The van der Waals surface area contributed by atoms with Gasteiger partial charge in [-0.2, -0.15) is 0 Å². The van der Waals surface area contributed by atoms with Gasteiger partial charge in [-0.05, 0) is 97.7 Å². The maximum Gasteiger partial charge on any atom is 0.305 e. The van der Waals surface area contributed by atoms with Crippen molar-refractivity contribution in [3.63, 3.8) is 0 Å². The number of hydrogen-bond donors (Lipinski definition) is 3. The van der Waals surface area contributed by atoms with Crippen LogP contribution in [0.5, 0.6) is 0 Å². The largest absolute Gasteiger partial charge is 0.469 e. The van der Waals surface area contributed by atoms with E-state index in [0.29, 0.717) is 36.0 Å². The molecule has 0 aromatic rings. The summed E-state index contributed by atoms with van der Waals surface area (Å²) in [5, 5.41) is 33.1. The molecule has 4 saturated carbocycles. The van der Waals surface area contributed by atoms with E-state index in [2.05, 4.69) is 20.8 Å². The molecule has 0 heterocycles. The van der Waals surface area contributed by atoms with Crippen molar-refractivity contribution in [1.29, 1.82) is 0 Å². The molecule has 0 saturated heterocycles. The molecule has 0 bridgehead atoms. The summed E-state index contributed by atoms with van der Waals surface area (Å²) in [6, 6.07) is 0. The standard InChI is InChI=1S/C25H42O5/c1-14(5-8-22(29)30-4)17-6-7-18-23-19(13-21(28)25(17,18)3)24(2)10-9-16(26)11-15(24)12-20(23)27/h14-21,23,26-28H,5-13H2,1-4H3/t14-,15+,16+,17-,18+,19+,20-,21-,23+,24+,25-/m1/s1. The van der Waals surface area contributed by atoms with Crippen molar-refractivity contribution in [2.45, 2.75) is 96.9 Å². The Morgan fingerprint density at radius 2 is 1.80 bits per heavy atom. The van der Waals surface area contributed by atoms with Gasteiger partial charge in [0.25, 0.3) is 0 Å². The molecular formula is C25H42O5. The minimum absolute atomic E-state index is 0.111. The van der Waals surface area contributed by atoms with Crippen LogP contribution in [0.25, 0.3) is 0 Å². The van der Waals surface area contributed by atoms with E-state index in [1.54, 1.807) is 0 Å². The molecule has 0 aromatic carbocycles. The maximum absolute atomic E-state index is 11.7. The van der Waals surface area contributed by atoms with Crippen molar-refractivity contribution in [3.05, 3.63) is 0 Å². The van der Waals surface area contributed by atoms with E-state index < -0.39 is 0 Å². The Morgan fingerprint density at radius 3 is 2.50 bits per heavy atom. The van der Waals surface area contributed by atoms with Gasteiger partial charge in [-0.1, -0.05) is 20.8 Å². The van der Waals surface area contributed by atoms with E-state index in [1.165, 1.54) is 7.11 Å². The van der Waals surface area contributed by atoms with E-state index in [9.17, 15) is 20.1 Å². The third-order valence-electron chi connectivity index (χ3n) is 10.6. The maximum atomic E-state index is 11.7. The average molecular weight is 423 g/mol. The van der Waals surface area contributed by atoms with Crippen LogP contribution in [0.15, 0.2) is 0 Å². The Morgan fingerprint density at radius 1 is 1.07 bits per heavy atom. The molecule has 5 heteroatoms. The lowest BCUT2D eigenvalue weighted by Crippen LogP contribution is -2.62. The van der Waals surface area contributed by atoms with Crippen LogP contribution in [0.1, 0.15) is 78.6 Å². The third kappa shape index (κ3) is 3.34. The van der Waals surface area contributed by atoms with Crippen LogP contribution in [-0.4, -0.2) is 46.7 Å². The number of ether oxygens (including phenoxy) is 1. The molecule has 4 aliphatic rings. The lowest BCUT2D eigenvalue weighted by atomic mass is 9.43. The minimum atomic E-state index is -0.369. The molecule has 4 aliphatic carbocycles. The minimum Gasteiger partial charge on any atom is -0.469 e. The highest BCUT2D eigenvalue weighted by atomic mass is 16.5. The van der Waals surface area contributed by atoms with E-state index in [4.69, 9.17) is 4.74 Å². The fourth-order valence-corrected chi connectivity index (χ4v) is 8.78. The molecule has 0 amide bonds. The first-order chi connectivity index (χ1) is 14.1. The zero-order chi connectivity index (χ0) is 21.8. The Labute approximate surface area is 181 Å². The molecule has 30 heavy (non-hydrogen) atoms. The topological polar surface area (TPSA) is 87.0 Å². The number of aliphatic hydroxyl groups excluding tert-OH is 3. The second-order valence-corrected chi connectivity index (χ2v) is 11.6. The predicted octanol–water partition coefficient (Wildman–Crippen LogP) is 3.54. The number of hydrogen-bond acceptors (Lipinski definition) is 5. The van der Waals surface area contributed by atoms with E-state index in [0.717, 1.165) is 51.4 Å². The summed E-state index contributed by atoms with van der Waals surface area (Å²) in [6.45, 7) is 6.85. The highest BCUT2D eigenvalue weighted by Crippen LogP contribution is 2.68. The van der Waals surface area contributed by atoms with Crippen LogP contribution in [0.4, 0.5) is 0 Å². The zero-order valence-electron chi connectivity index (χ0n) is 19.2. The van der Waals surface area contributed by atoms with Crippen molar-refractivity contribution in [1.82, 2.24) is 0 Å². The molecule has 4 rings (SSSR count). The van der Waals surface area contributed by atoms with Gasteiger partial charge in [0, 0.05) is 6.42 Å². The molecule has 0 aromatic heterocycles. The molecule has 0 spiro atoms. The second kappa shape index (κ2) is 8.04. The molecule has 11 atom stereocenters. The smallest absolute Gasteiger partial charge is 0.305 e. The first-order valence-corrected chi connectivity index (χ1v) is 12.2. The van der Waals surface area contributed by atoms with Crippen molar-refractivity contribution in [2.75, 3.05) is 7.11 Å². The van der Waals surface area contributed by atoms with Crippen LogP contribution in [-0.2, 0) is 9.53 Å². The third-order valence-corrected chi connectivity index (χ3v) is 10.6.